The van der Waals surface area contributed by atoms with Crippen LogP contribution in [0.3, 0.4) is 0 Å². The number of benzene rings is 1. The predicted octanol–water partition coefficient (Wildman–Crippen LogP) is 1.55. The van der Waals surface area contributed by atoms with Crippen LogP contribution < -0.4 is 4.90 Å². The van der Waals surface area contributed by atoms with Gasteiger partial charge in [-0.3, -0.25) is 4.79 Å². The Bertz CT molecular complexity index is 623. The van der Waals surface area contributed by atoms with E-state index in [0.29, 0.717) is 19.3 Å². The molecule has 0 radical (unpaired) electrons. The van der Waals surface area contributed by atoms with Crippen LogP contribution in [0.1, 0.15) is 19.3 Å². The van der Waals surface area contributed by atoms with Crippen molar-refractivity contribution >= 4 is 21.4 Å². The molecule has 2 saturated heterocycles. The maximum Gasteiger partial charge on any atom is 0.222 e. The summed E-state index contributed by atoms with van der Waals surface area (Å²) < 4.78 is 22.9. The van der Waals surface area contributed by atoms with Crippen molar-refractivity contribution in [3.63, 3.8) is 0 Å². The van der Waals surface area contributed by atoms with Gasteiger partial charge in [-0.05, 0) is 30.9 Å². The number of para-hydroxylation sites is 1. The Morgan fingerprint density at radius 3 is 2.22 bits per heavy atom. The number of piperazine rings is 1. The van der Waals surface area contributed by atoms with Crippen LogP contribution in [0.25, 0.3) is 0 Å². The van der Waals surface area contributed by atoms with Gasteiger partial charge in [-0.25, -0.2) is 8.42 Å². The van der Waals surface area contributed by atoms with Gasteiger partial charge >= 0.3 is 0 Å². The number of carbonyl (C=O) groups is 1. The molecule has 5 nitrogen and oxygen atoms in total. The smallest absolute Gasteiger partial charge is 0.222 e. The van der Waals surface area contributed by atoms with Crippen LogP contribution in [0.15, 0.2) is 30.3 Å². The van der Waals surface area contributed by atoms with E-state index in [2.05, 4.69) is 17.0 Å². The molecule has 1 amide bonds. The minimum Gasteiger partial charge on any atom is -0.368 e. The average Bonchev–Trinajstić information content (AvgIpc) is 2.58. The molecule has 0 aliphatic carbocycles. The Kier molecular flexibility index (Phi) is 4.90. The molecule has 1 aromatic rings. The van der Waals surface area contributed by atoms with E-state index in [1.807, 2.05) is 23.1 Å². The molecule has 126 valence electrons. The van der Waals surface area contributed by atoms with E-state index in [1.54, 1.807) is 0 Å². The summed E-state index contributed by atoms with van der Waals surface area (Å²) in [5, 5.41) is 0. The number of rotatable bonds is 3. The van der Waals surface area contributed by atoms with E-state index in [4.69, 9.17) is 0 Å². The van der Waals surface area contributed by atoms with Crippen molar-refractivity contribution in [3.05, 3.63) is 30.3 Å². The standard InChI is InChI=1S/C17H24N2O3S/c20-17(14-15-6-12-23(21,22)13-7-15)19-10-8-18(9-11-19)16-4-2-1-3-5-16/h1-5,15H,6-14H2. The van der Waals surface area contributed by atoms with E-state index < -0.39 is 9.84 Å². The monoisotopic (exact) mass is 336 g/mol. The zero-order valence-corrected chi connectivity index (χ0v) is 14.2. The largest absolute Gasteiger partial charge is 0.368 e. The van der Waals surface area contributed by atoms with Gasteiger partial charge in [0, 0.05) is 38.3 Å². The molecule has 0 N–H and O–H groups in total. The first kappa shape index (κ1) is 16.3. The first-order valence-corrected chi connectivity index (χ1v) is 10.1. The Morgan fingerprint density at radius 1 is 1.00 bits per heavy atom. The lowest BCUT2D eigenvalue weighted by molar-refractivity contribution is -0.132. The third-order valence-electron chi connectivity index (χ3n) is 4.89. The van der Waals surface area contributed by atoms with Gasteiger partial charge in [0.1, 0.15) is 9.84 Å². The van der Waals surface area contributed by atoms with Gasteiger partial charge < -0.3 is 9.80 Å². The van der Waals surface area contributed by atoms with Crippen LogP contribution in [-0.2, 0) is 14.6 Å². The van der Waals surface area contributed by atoms with E-state index in [1.165, 1.54) is 5.69 Å². The molecule has 1 aromatic carbocycles. The lowest BCUT2D eigenvalue weighted by Crippen LogP contribution is -2.49. The second kappa shape index (κ2) is 6.91. The highest BCUT2D eigenvalue weighted by atomic mass is 32.2. The summed E-state index contributed by atoms with van der Waals surface area (Å²) in [6.07, 6.45) is 1.77. The van der Waals surface area contributed by atoms with Gasteiger partial charge in [0.25, 0.3) is 0 Å². The van der Waals surface area contributed by atoms with Gasteiger partial charge in [-0.2, -0.15) is 0 Å². The topological polar surface area (TPSA) is 57.7 Å². The first-order chi connectivity index (χ1) is 11.0. The fourth-order valence-corrected chi connectivity index (χ4v) is 4.96. The molecule has 2 heterocycles. The summed E-state index contributed by atoms with van der Waals surface area (Å²) in [6, 6.07) is 10.3. The van der Waals surface area contributed by atoms with Gasteiger partial charge in [0.15, 0.2) is 0 Å². The van der Waals surface area contributed by atoms with E-state index in [0.717, 1.165) is 26.2 Å². The molecule has 6 heteroatoms. The second-order valence-corrected chi connectivity index (χ2v) is 8.81. The number of amides is 1. The zero-order valence-electron chi connectivity index (χ0n) is 13.4. The molecule has 2 aliphatic rings. The molecule has 0 spiro atoms. The van der Waals surface area contributed by atoms with Crippen molar-refractivity contribution in [1.29, 1.82) is 0 Å². The van der Waals surface area contributed by atoms with Gasteiger partial charge in [0.2, 0.25) is 5.91 Å². The summed E-state index contributed by atoms with van der Waals surface area (Å²) in [5.41, 5.74) is 1.21. The highest BCUT2D eigenvalue weighted by molar-refractivity contribution is 7.91. The third-order valence-corrected chi connectivity index (χ3v) is 6.61. The average molecular weight is 336 g/mol. The fraction of sp³-hybridized carbons (Fsp3) is 0.588. The molecule has 0 bridgehead atoms. The number of sulfone groups is 1. The highest BCUT2D eigenvalue weighted by Gasteiger charge is 2.28. The molecular weight excluding hydrogens is 312 g/mol. The molecule has 0 aromatic heterocycles. The minimum absolute atomic E-state index is 0.182. The van der Waals surface area contributed by atoms with Crippen molar-refractivity contribution in [2.24, 2.45) is 5.92 Å². The highest BCUT2D eigenvalue weighted by Crippen LogP contribution is 2.23. The number of anilines is 1. The van der Waals surface area contributed by atoms with E-state index in [-0.39, 0.29) is 23.3 Å². The van der Waals surface area contributed by atoms with Gasteiger partial charge in [-0.15, -0.1) is 0 Å². The molecule has 2 aliphatic heterocycles. The summed E-state index contributed by atoms with van der Waals surface area (Å²) in [7, 11) is -2.85. The fourth-order valence-electron chi connectivity index (χ4n) is 3.37. The quantitative estimate of drug-likeness (QED) is 0.840. The molecule has 23 heavy (non-hydrogen) atoms. The summed E-state index contributed by atoms with van der Waals surface area (Å²) in [4.78, 5) is 16.7. The summed E-state index contributed by atoms with van der Waals surface area (Å²) in [6.45, 7) is 3.21. The van der Waals surface area contributed by atoms with Gasteiger partial charge in [0.05, 0.1) is 11.5 Å². The molecule has 3 rings (SSSR count). The van der Waals surface area contributed by atoms with Crippen molar-refractivity contribution in [1.82, 2.24) is 4.90 Å². The van der Waals surface area contributed by atoms with Crippen LogP contribution in [0.2, 0.25) is 0 Å². The van der Waals surface area contributed by atoms with E-state index in [9.17, 15) is 13.2 Å². The van der Waals surface area contributed by atoms with Crippen molar-refractivity contribution in [3.8, 4) is 0 Å². The maximum atomic E-state index is 12.4. The van der Waals surface area contributed by atoms with E-state index >= 15 is 0 Å². The number of carbonyl (C=O) groups excluding carboxylic acids is 1. The third kappa shape index (κ3) is 4.25. The van der Waals surface area contributed by atoms with Crippen molar-refractivity contribution < 1.29 is 13.2 Å². The van der Waals surface area contributed by atoms with Gasteiger partial charge in [-0.1, -0.05) is 18.2 Å². The van der Waals surface area contributed by atoms with Crippen molar-refractivity contribution in [2.75, 3.05) is 42.6 Å². The summed E-state index contributed by atoms with van der Waals surface area (Å²) in [5.74, 6) is 0.902. The SMILES string of the molecule is O=C(CC1CCS(=O)(=O)CC1)N1CCN(c2ccccc2)CC1. The lowest BCUT2D eigenvalue weighted by Gasteiger charge is -2.37. The Hall–Kier alpha value is -1.56. The number of hydrogen-bond donors (Lipinski definition) is 0. The Balaban J connectivity index is 1.47. The second-order valence-electron chi connectivity index (χ2n) is 6.50. The van der Waals surface area contributed by atoms with Crippen LogP contribution in [0.5, 0.6) is 0 Å². The van der Waals surface area contributed by atoms with Crippen molar-refractivity contribution in [2.45, 2.75) is 19.3 Å². The number of nitrogens with zero attached hydrogens (tertiary/aromatic N) is 2. The minimum atomic E-state index is -2.85. The Labute approximate surface area is 138 Å². The molecule has 0 atom stereocenters. The normalized spacial score (nSPS) is 22.1. The van der Waals surface area contributed by atoms with Crippen LogP contribution in [-0.4, -0.2) is 56.9 Å². The Morgan fingerprint density at radius 2 is 1.61 bits per heavy atom. The predicted molar refractivity (Wildman–Crippen MR) is 91.2 cm³/mol. The summed E-state index contributed by atoms with van der Waals surface area (Å²) >= 11 is 0. The van der Waals surface area contributed by atoms with Crippen LogP contribution in [0.4, 0.5) is 5.69 Å². The molecular formula is C17H24N2O3S. The molecule has 0 saturated carbocycles. The van der Waals surface area contributed by atoms with Crippen LogP contribution >= 0.6 is 0 Å². The zero-order chi connectivity index (χ0) is 16.3. The number of hydrogen-bond acceptors (Lipinski definition) is 4. The lowest BCUT2D eigenvalue weighted by atomic mass is 9.98. The maximum absolute atomic E-state index is 12.4. The molecule has 2 fully saturated rings. The van der Waals surface area contributed by atoms with Crippen LogP contribution in [0, 0.1) is 5.92 Å². The first-order valence-electron chi connectivity index (χ1n) is 8.32. The molecule has 0 unspecified atom stereocenters.